The van der Waals surface area contributed by atoms with E-state index in [0.717, 1.165) is 38.5 Å². The minimum absolute atomic E-state index is 0.177. The number of aliphatic carboxylic acids is 1. The van der Waals surface area contributed by atoms with Gasteiger partial charge in [-0.3, -0.25) is 9.35 Å². The lowest BCUT2D eigenvalue weighted by Gasteiger charge is -2.21. The molecule has 0 saturated carbocycles. The Bertz CT molecular complexity index is 435. The van der Waals surface area contributed by atoms with Crippen molar-refractivity contribution in [3.05, 3.63) is 0 Å². The van der Waals surface area contributed by atoms with Gasteiger partial charge in [0.05, 0.1) is 6.10 Å². The molecule has 0 aliphatic rings. The Balaban J connectivity index is 4.01. The molecule has 0 rings (SSSR count). The van der Waals surface area contributed by atoms with Crippen LogP contribution < -0.4 is 0 Å². The van der Waals surface area contributed by atoms with Gasteiger partial charge in [0.2, 0.25) is 0 Å². The van der Waals surface area contributed by atoms with Crippen LogP contribution in [0.3, 0.4) is 0 Å². The highest BCUT2D eigenvalue weighted by Crippen LogP contribution is 2.18. The summed E-state index contributed by atoms with van der Waals surface area (Å²) < 4.78 is 38.3. The van der Waals surface area contributed by atoms with Gasteiger partial charge in [0, 0.05) is 13.0 Å². The molecule has 0 aromatic rings. The summed E-state index contributed by atoms with van der Waals surface area (Å²) >= 11 is 0. The van der Waals surface area contributed by atoms with E-state index in [9.17, 15) is 17.8 Å². The maximum atomic E-state index is 11.6. The van der Waals surface area contributed by atoms with Crippen molar-refractivity contribution in [3.63, 3.8) is 0 Å². The van der Waals surface area contributed by atoms with Crippen molar-refractivity contribution in [3.8, 4) is 0 Å². The average Bonchev–Trinajstić information content (AvgIpc) is 2.51. The van der Waals surface area contributed by atoms with Crippen LogP contribution in [0.15, 0.2) is 0 Å². The molecule has 0 amide bonds. The Kier molecular flexibility index (Phi) is 14.1. The van der Waals surface area contributed by atoms with Crippen LogP contribution in [0.1, 0.15) is 90.9 Å². The van der Waals surface area contributed by atoms with E-state index in [4.69, 9.17) is 9.84 Å². The summed E-state index contributed by atoms with van der Waals surface area (Å²) in [4.78, 5) is 10.4. The van der Waals surface area contributed by atoms with Crippen molar-refractivity contribution in [1.82, 2.24) is 0 Å². The van der Waals surface area contributed by atoms with E-state index in [0.29, 0.717) is 25.9 Å². The fourth-order valence-electron chi connectivity index (χ4n) is 2.86. The third-order valence-electron chi connectivity index (χ3n) is 4.41. The lowest BCUT2D eigenvalue weighted by molar-refractivity contribution is -0.137. The van der Waals surface area contributed by atoms with Crippen molar-refractivity contribution in [1.29, 1.82) is 0 Å². The summed E-state index contributed by atoms with van der Waals surface area (Å²) in [5.74, 6) is -0.785. The summed E-state index contributed by atoms with van der Waals surface area (Å²) in [6.07, 6.45) is 9.42. The van der Waals surface area contributed by atoms with Crippen molar-refractivity contribution in [2.45, 2.75) is 102 Å². The molecule has 0 saturated heterocycles. The molecule has 0 fully saturated rings. The molecule has 0 aromatic heterocycles. The number of unbranched alkanes of at least 4 members (excludes halogenated alkanes) is 8. The molecule has 150 valence electrons. The van der Waals surface area contributed by atoms with Crippen LogP contribution in [-0.4, -0.2) is 42.0 Å². The van der Waals surface area contributed by atoms with Gasteiger partial charge >= 0.3 is 5.97 Å². The van der Waals surface area contributed by atoms with E-state index < -0.39 is 27.4 Å². The normalized spacial score (nSPS) is 14.4. The molecule has 2 atom stereocenters. The van der Waals surface area contributed by atoms with Gasteiger partial charge in [-0.25, -0.2) is 0 Å². The average molecular weight is 381 g/mol. The standard InChI is InChI=1S/C18H36O6S/c1-3-4-5-9-12-15-24-16(2)17(25(21,22)23)13-10-7-6-8-11-14-18(19)20/h16-17H,3-15H2,1-2H3,(H,19,20)(H,21,22,23). The van der Waals surface area contributed by atoms with Crippen LogP contribution in [0.4, 0.5) is 0 Å². The number of carboxylic acid groups (broad SMARTS) is 1. The lowest BCUT2D eigenvalue weighted by Crippen LogP contribution is -2.34. The van der Waals surface area contributed by atoms with Gasteiger partial charge in [-0.05, 0) is 26.2 Å². The van der Waals surface area contributed by atoms with Crippen LogP contribution in [0.5, 0.6) is 0 Å². The molecule has 0 heterocycles. The Morgan fingerprint density at radius 3 is 2.12 bits per heavy atom. The first kappa shape index (κ1) is 24.3. The van der Waals surface area contributed by atoms with Gasteiger partial charge < -0.3 is 9.84 Å². The van der Waals surface area contributed by atoms with Crippen molar-refractivity contribution >= 4 is 16.1 Å². The maximum Gasteiger partial charge on any atom is 0.303 e. The molecule has 0 bridgehead atoms. The predicted molar refractivity (Wildman–Crippen MR) is 99.5 cm³/mol. The quantitative estimate of drug-likeness (QED) is 0.286. The third-order valence-corrected chi connectivity index (χ3v) is 5.80. The predicted octanol–water partition coefficient (Wildman–Crippen LogP) is 4.43. The Labute approximate surface area is 153 Å². The van der Waals surface area contributed by atoms with E-state index in [-0.39, 0.29) is 6.42 Å². The molecule has 0 aliphatic heterocycles. The SMILES string of the molecule is CCCCCCCOC(C)C(CCCCCCCC(=O)O)S(=O)(=O)O. The summed E-state index contributed by atoms with van der Waals surface area (Å²) in [6.45, 7) is 4.38. The number of rotatable bonds is 17. The Morgan fingerprint density at radius 1 is 0.960 bits per heavy atom. The van der Waals surface area contributed by atoms with Gasteiger partial charge in [-0.2, -0.15) is 8.42 Å². The third kappa shape index (κ3) is 14.2. The molecule has 2 unspecified atom stereocenters. The zero-order valence-corrected chi connectivity index (χ0v) is 16.6. The maximum absolute atomic E-state index is 11.6. The van der Waals surface area contributed by atoms with Gasteiger partial charge in [-0.1, -0.05) is 58.3 Å². The summed E-state index contributed by atoms with van der Waals surface area (Å²) in [5, 5.41) is 7.68. The van der Waals surface area contributed by atoms with Crippen LogP contribution in [-0.2, 0) is 19.6 Å². The minimum Gasteiger partial charge on any atom is -0.481 e. The molecule has 0 radical (unpaired) electrons. The van der Waals surface area contributed by atoms with Crippen molar-refractivity contribution < 1.29 is 27.6 Å². The molecule has 25 heavy (non-hydrogen) atoms. The second kappa shape index (κ2) is 14.5. The number of carbonyl (C=O) groups is 1. The van der Waals surface area contributed by atoms with E-state index in [1.807, 2.05) is 0 Å². The van der Waals surface area contributed by atoms with E-state index in [1.54, 1.807) is 6.92 Å². The molecule has 7 heteroatoms. The first-order chi connectivity index (χ1) is 11.8. The highest BCUT2D eigenvalue weighted by Gasteiger charge is 2.29. The lowest BCUT2D eigenvalue weighted by atomic mass is 10.1. The van der Waals surface area contributed by atoms with Crippen molar-refractivity contribution in [2.24, 2.45) is 0 Å². The largest absolute Gasteiger partial charge is 0.481 e. The second-order valence-corrected chi connectivity index (χ2v) is 8.38. The zero-order chi connectivity index (χ0) is 19.1. The first-order valence-electron chi connectivity index (χ1n) is 9.58. The topological polar surface area (TPSA) is 101 Å². The molecular formula is C18H36O6S. The Morgan fingerprint density at radius 2 is 1.52 bits per heavy atom. The molecule has 0 aliphatic carbocycles. The van der Waals surface area contributed by atoms with E-state index >= 15 is 0 Å². The van der Waals surface area contributed by atoms with E-state index in [1.165, 1.54) is 12.8 Å². The van der Waals surface area contributed by atoms with Gasteiger partial charge in [-0.15, -0.1) is 0 Å². The summed E-state index contributed by atoms with van der Waals surface area (Å²) in [6, 6.07) is 0. The molecule has 0 aromatic carbocycles. The fraction of sp³-hybridized carbons (Fsp3) is 0.944. The van der Waals surface area contributed by atoms with Gasteiger partial charge in [0.25, 0.3) is 10.1 Å². The minimum atomic E-state index is -4.13. The number of hydrogen-bond acceptors (Lipinski definition) is 4. The monoisotopic (exact) mass is 380 g/mol. The zero-order valence-electron chi connectivity index (χ0n) is 15.8. The van der Waals surface area contributed by atoms with Crippen molar-refractivity contribution in [2.75, 3.05) is 6.61 Å². The highest BCUT2D eigenvalue weighted by molar-refractivity contribution is 7.86. The van der Waals surface area contributed by atoms with Crippen LogP contribution in [0.25, 0.3) is 0 Å². The second-order valence-electron chi connectivity index (χ2n) is 6.74. The fourth-order valence-corrected chi connectivity index (χ4v) is 3.89. The van der Waals surface area contributed by atoms with Crippen LogP contribution in [0.2, 0.25) is 0 Å². The number of ether oxygens (including phenoxy) is 1. The Hall–Kier alpha value is -0.660. The number of hydrogen-bond donors (Lipinski definition) is 2. The van der Waals surface area contributed by atoms with Crippen LogP contribution in [0, 0.1) is 0 Å². The number of carboxylic acids is 1. The summed E-state index contributed by atoms with van der Waals surface area (Å²) in [7, 11) is -4.13. The smallest absolute Gasteiger partial charge is 0.303 e. The molecule has 6 nitrogen and oxygen atoms in total. The molecule has 2 N–H and O–H groups in total. The van der Waals surface area contributed by atoms with E-state index in [2.05, 4.69) is 6.92 Å². The van der Waals surface area contributed by atoms with Crippen LogP contribution >= 0.6 is 0 Å². The molecular weight excluding hydrogens is 344 g/mol. The van der Waals surface area contributed by atoms with Gasteiger partial charge in [0.1, 0.15) is 5.25 Å². The molecule has 0 spiro atoms. The van der Waals surface area contributed by atoms with Gasteiger partial charge in [0.15, 0.2) is 0 Å². The highest BCUT2D eigenvalue weighted by atomic mass is 32.2. The summed E-state index contributed by atoms with van der Waals surface area (Å²) in [5.41, 5.74) is 0. The first-order valence-corrected chi connectivity index (χ1v) is 11.1.